The van der Waals surface area contributed by atoms with Crippen molar-refractivity contribution in [3.63, 3.8) is 0 Å². The number of hydrogen-bond acceptors (Lipinski definition) is 2. The number of nitrogens with zero attached hydrogens (tertiary/aromatic N) is 1. The Morgan fingerprint density at radius 1 is 1.17 bits per heavy atom. The van der Waals surface area contributed by atoms with Crippen LogP contribution in [0.15, 0.2) is 36.5 Å². The van der Waals surface area contributed by atoms with Gasteiger partial charge in [-0.15, -0.1) is 0 Å². The second kappa shape index (κ2) is 4.94. The summed E-state index contributed by atoms with van der Waals surface area (Å²) >= 11 is 0. The van der Waals surface area contributed by atoms with E-state index in [0.717, 1.165) is 24.4 Å². The van der Waals surface area contributed by atoms with Gasteiger partial charge in [0.2, 0.25) is 0 Å². The van der Waals surface area contributed by atoms with Crippen molar-refractivity contribution in [3.05, 3.63) is 42.4 Å². The normalized spacial score (nSPS) is 24.1. The van der Waals surface area contributed by atoms with Gasteiger partial charge in [-0.25, -0.2) is 4.98 Å². The van der Waals surface area contributed by atoms with Crippen molar-refractivity contribution in [1.82, 2.24) is 9.97 Å². The van der Waals surface area contributed by atoms with Gasteiger partial charge >= 0.3 is 0 Å². The smallest absolute Gasteiger partial charge is 0.109 e. The summed E-state index contributed by atoms with van der Waals surface area (Å²) in [5, 5.41) is 0. The van der Waals surface area contributed by atoms with Crippen LogP contribution in [-0.4, -0.2) is 16.0 Å². The highest BCUT2D eigenvalue weighted by atomic mass is 14.9. The molecule has 1 aliphatic rings. The maximum atomic E-state index is 6.04. The third-order valence-corrected chi connectivity index (χ3v) is 3.78. The Hall–Kier alpha value is -1.61. The molecule has 1 aromatic carbocycles. The van der Waals surface area contributed by atoms with Crippen LogP contribution in [0.4, 0.5) is 0 Å². The van der Waals surface area contributed by atoms with E-state index < -0.39 is 0 Å². The average Bonchev–Trinajstić information content (AvgIpc) is 2.89. The first-order valence-electron chi connectivity index (χ1n) is 6.69. The number of nitrogens with two attached hydrogens (primary N) is 1. The summed E-state index contributed by atoms with van der Waals surface area (Å²) in [5.74, 6) is 1.61. The Morgan fingerprint density at radius 2 is 2.00 bits per heavy atom. The van der Waals surface area contributed by atoms with Crippen molar-refractivity contribution in [1.29, 1.82) is 0 Å². The Balaban J connectivity index is 1.81. The number of nitrogens with one attached hydrogen (secondary N) is 1. The quantitative estimate of drug-likeness (QED) is 0.849. The van der Waals surface area contributed by atoms with Crippen LogP contribution in [0.2, 0.25) is 0 Å². The number of benzene rings is 1. The topological polar surface area (TPSA) is 54.7 Å². The molecule has 1 heterocycles. The van der Waals surface area contributed by atoms with Crippen LogP contribution in [0.1, 0.15) is 37.4 Å². The molecule has 0 saturated heterocycles. The highest BCUT2D eigenvalue weighted by Gasteiger charge is 2.22. The van der Waals surface area contributed by atoms with Crippen LogP contribution in [0.3, 0.4) is 0 Å². The summed E-state index contributed by atoms with van der Waals surface area (Å²) in [6, 6.07) is 10.7. The van der Waals surface area contributed by atoms with Crippen molar-refractivity contribution >= 4 is 0 Å². The molecule has 0 spiro atoms. The molecule has 2 atom stereocenters. The highest BCUT2D eigenvalue weighted by molar-refractivity contribution is 5.58. The average molecular weight is 241 g/mol. The fraction of sp³-hybridized carbons (Fsp3) is 0.400. The first kappa shape index (κ1) is 11.5. The van der Waals surface area contributed by atoms with Gasteiger partial charge in [-0.2, -0.15) is 0 Å². The molecule has 1 aromatic heterocycles. The SMILES string of the molecule is NC1CCCC(c2ncc(-c3ccccc3)[nH]2)C1. The third-order valence-electron chi connectivity index (χ3n) is 3.78. The number of H-pyrrole nitrogens is 1. The maximum absolute atomic E-state index is 6.04. The number of rotatable bonds is 2. The molecule has 3 N–H and O–H groups in total. The van der Waals surface area contributed by atoms with Crippen LogP contribution in [-0.2, 0) is 0 Å². The third kappa shape index (κ3) is 2.31. The van der Waals surface area contributed by atoms with Gasteiger partial charge in [0.25, 0.3) is 0 Å². The lowest BCUT2D eigenvalue weighted by molar-refractivity contribution is 0.383. The summed E-state index contributed by atoms with van der Waals surface area (Å²) in [6.07, 6.45) is 6.57. The summed E-state index contributed by atoms with van der Waals surface area (Å²) in [4.78, 5) is 7.99. The second-order valence-electron chi connectivity index (χ2n) is 5.17. The van der Waals surface area contributed by atoms with Gasteiger partial charge in [-0.3, -0.25) is 0 Å². The van der Waals surface area contributed by atoms with E-state index in [4.69, 9.17) is 5.73 Å². The molecule has 94 valence electrons. The van der Waals surface area contributed by atoms with Crippen LogP contribution >= 0.6 is 0 Å². The van der Waals surface area contributed by atoms with Gasteiger partial charge in [-0.05, 0) is 24.8 Å². The monoisotopic (exact) mass is 241 g/mol. The molecule has 3 nitrogen and oxygen atoms in total. The molecular formula is C15H19N3. The van der Waals surface area contributed by atoms with E-state index in [9.17, 15) is 0 Å². The fourth-order valence-electron chi connectivity index (χ4n) is 2.78. The van der Waals surface area contributed by atoms with E-state index in [1.54, 1.807) is 0 Å². The first-order chi connectivity index (χ1) is 8.83. The van der Waals surface area contributed by atoms with Crippen LogP contribution < -0.4 is 5.73 Å². The van der Waals surface area contributed by atoms with Gasteiger partial charge in [0.1, 0.15) is 5.82 Å². The molecule has 1 fully saturated rings. The molecule has 18 heavy (non-hydrogen) atoms. The molecule has 3 rings (SSSR count). The van der Waals surface area contributed by atoms with E-state index in [1.165, 1.54) is 18.4 Å². The largest absolute Gasteiger partial charge is 0.342 e. The predicted octanol–water partition coefficient (Wildman–Crippen LogP) is 3.06. The molecule has 1 saturated carbocycles. The Labute approximate surface area is 107 Å². The second-order valence-corrected chi connectivity index (χ2v) is 5.17. The molecule has 3 heteroatoms. The van der Waals surface area contributed by atoms with Crippen molar-refractivity contribution in [2.24, 2.45) is 5.73 Å². The Kier molecular flexibility index (Phi) is 3.15. The summed E-state index contributed by atoms with van der Waals surface area (Å²) in [7, 11) is 0. The lowest BCUT2D eigenvalue weighted by atomic mass is 9.86. The Morgan fingerprint density at radius 3 is 2.78 bits per heavy atom. The molecule has 0 radical (unpaired) electrons. The van der Waals surface area contributed by atoms with Gasteiger partial charge in [0, 0.05) is 12.0 Å². The zero-order chi connectivity index (χ0) is 12.4. The standard InChI is InChI=1S/C15H19N3/c16-13-8-4-7-12(9-13)15-17-10-14(18-15)11-5-2-1-3-6-11/h1-3,5-6,10,12-13H,4,7-9,16H2,(H,17,18). The first-order valence-corrected chi connectivity index (χ1v) is 6.69. The van der Waals surface area contributed by atoms with E-state index in [-0.39, 0.29) is 0 Å². The highest BCUT2D eigenvalue weighted by Crippen LogP contribution is 2.31. The van der Waals surface area contributed by atoms with E-state index in [1.807, 2.05) is 24.4 Å². The van der Waals surface area contributed by atoms with Crippen molar-refractivity contribution in [3.8, 4) is 11.3 Å². The molecule has 1 aliphatic carbocycles. The van der Waals surface area contributed by atoms with Crippen LogP contribution in [0.25, 0.3) is 11.3 Å². The van der Waals surface area contributed by atoms with Gasteiger partial charge in [-0.1, -0.05) is 36.8 Å². The van der Waals surface area contributed by atoms with Crippen molar-refractivity contribution in [2.45, 2.75) is 37.6 Å². The minimum atomic E-state index is 0.342. The molecule has 0 aliphatic heterocycles. The lowest BCUT2D eigenvalue weighted by Gasteiger charge is -2.24. The maximum Gasteiger partial charge on any atom is 0.109 e. The minimum Gasteiger partial charge on any atom is -0.342 e. The van der Waals surface area contributed by atoms with Crippen molar-refractivity contribution < 1.29 is 0 Å². The summed E-state index contributed by atoms with van der Waals surface area (Å²) in [6.45, 7) is 0. The van der Waals surface area contributed by atoms with Gasteiger partial charge < -0.3 is 10.7 Å². The molecule has 2 aromatic rings. The van der Waals surface area contributed by atoms with Crippen LogP contribution in [0.5, 0.6) is 0 Å². The zero-order valence-electron chi connectivity index (χ0n) is 10.5. The van der Waals surface area contributed by atoms with E-state index in [0.29, 0.717) is 12.0 Å². The molecular weight excluding hydrogens is 222 g/mol. The minimum absolute atomic E-state index is 0.342. The van der Waals surface area contributed by atoms with Gasteiger partial charge in [0.15, 0.2) is 0 Å². The van der Waals surface area contributed by atoms with Crippen LogP contribution in [0, 0.1) is 0 Å². The fourth-order valence-corrected chi connectivity index (χ4v) is 2.78. The molecule has 2 unspecified atom stereocenters. The lowest BCUT2D eigenvalue weighted by Crippen LogP contribution is -2.27. The van der Waals surface area contributed by atoms with Crippen molar-refractivity contribution in [2.75, 3.05) is 0 Å². The zero-order valence-corrected chi connectivity index (χ0v) is 10.5. The predicted molar refractivity (Wildman–Crippen MR) is 73.2 cm³/mol. The Bertz CT molecular complexity index is 503. The number of aromatic nitrogens is 2. The number of hydrogen-bond donors (Lipinski definition) is 2. The molecule has 0 amide bonds. The summed E-state index contributed by atoms with van der Waals surface area (Å²) < 4.78 is 0. The number of imidazole rings is 1. The number of aromatic amines is 1. The summed E-state index contributed by atoms with van der Waals surface area (Å²) in [5.41, 5.74) is 8.33. The van der Waals surface area contributed by atoms with Gasteiger partial charge in [0.05, 0.1) is 11.9 Å². The van der Waals surface area contributed by atoms with E-state index >= 15 is 0 Å². The van der Waals surface area contributed by atoms with E-state index in [2.05, 4.69) is 22.1 Å². The molecule has 0 bridgehead atoms.